The molecule has 1 heterocycles. The summed E-state index contributed by atoms with van der Waals surface area (Å²) in [6.45, 7) is 5.89. The number of aliphatic imine (C=N–C) groups is 1. The number of aliphatic hydroxyl groups is 1. The molecule has 2 aliphatic carbocycles. The number of nitrogens with zero attached hydrogens (tertiary/aromatic N) is 2. The van der Waals surface area contributed by atoms with E-state index in [0.29, 0.717) is 12.6 Å². The fourth-order valence-electron chi connectivity index (χ4n) is 4.38. The first kappa shape index (κ1) is 21.2. The largest absolute Gasteiger partial charge is 0.388 e. The van der Waals surface area contributed by atoms with E-state index in [2.05, 4.69) is 27.4 Å². The van der Waals surface area contributed by atoms with Crippen LogP contribution in [0.15, 0.2) is 4.99 Å². The molecule has 0 amide bonds. The van der Waals surface area contributed by atoms with Crippen LogP contribution in [-0.2, 0) is 0 Å². The van der Waals surface area contributed by atoms with Crippen LogP contribution >= 0.6 is 24.0 Å². The molecule has 5 nitrogen and oxygen atoms in total. The Kier molecular flexibility index (Phi) is 8.75. The van der Waals surface area contributed by atoms with Crippen LogP contribution in [0, 0.1) is 0 Å². The lowest BCUT2D eigenvalue weighted by Gasteiger charge is -2.40. The first-order valence-electron chi connectivity index (χ1n) is 10.2. The molecule has 1 unspecified atom stereocenters. The summed E-state index contributed by atoms with van der Waals surface area (Å²) in [4.78, 5) is 7.38. The van der Waals surface area contributed by atoms with E-state index in [9.17, 15) is 5.11 Å². The molecule has 1 aliphatic heterocycles. The summed E-state index contributed by atoms with van der Waals surface area (Å²) in [7, 11) is 0. The number of likely N-dealkylation sites (tertiary alicyclic amines) is 1. The Labute approximate surface area is 170 Å². The molecule has 3 fully saturated rings. The molecular weight excluding hydrogens is 427 g/mol. The van der Waals surface area contributed by atoms with E-state index in [1.807, 2.05) is 0 Å². The van der Waals surface area contributed by atoms with Crippen LogP contribution in [0.5, 0.6) is 0 Å². The number of nitrogens with one attached hydrogen (secondary N) is 2. The summed E-state index contributed by atoms with van der Waals surface area (Å²) >= 11 is 0. The third-order valence-electron chi connectivity index (χ3n) is 6.04. The number of hydrogen-bond donors (Lipinski definition) is 3. The predicted molar refractivity (Wildman–Crippen MR) is 115 cm³/mol. The molecule has 6 heteroatoms. The van der Waals surface area contributed by atoms with Gasteiger partial charge in [0.2, 0.25) is 0 Å². The van der Waals surface area contributed by atoms with Crippen molar-refractivity contribution < 1.29 is 5.11 Å². The zero-order valence-electron chi connectivity index (χ0n) is 15.8. The van der Waals surface area contributed by atoms with Gasteiger partial charge in [-0.05, 0) is 58.4 Å². The van der Waals surface area contributed by atoms with Crippen molar-refractivity contribution in [2.75, 3.05) is 26.2 Å². The van der Waals surface area contributed by atoms with Crippen LogP contribution in [0.1, 0.15) is 71.1 Å². The summed E-state index contributed by atoms with van der Waals surface area (Å²) in [5.41, 5.74) is -0.539. The monoisotopic (exact) mass is 464 g/mol. The van der Waals surface area contributed by atoms with Crippen LogP contribution in [-0.4, -0.2) is 59.8 Å². The molecule has 0 radical (unpaired) electrons. The Balaban J connectivity index is 0.00000225. The van der Waals surface area contributed by atoms with Crippen molar-refractivity contribution in [1.82, 2.24) is 15.5 Å². The van der Waals surface area contributed by atoms with Gasteiger partial charge in [-0.2, -0.15) is 0 Å². The second-order valence-electron chi connectivity index (χ2n) is 8.04. The molecule has 1 atom stereocenters. The number of hydrogen-bond acceptors (Lipinski definition) is 3. The Morgan fingerprint density at radius 1 is 1.12 bits per heavy atom. The standard InChI is InChI=1S/C19H36N4O.HI/c1-2-20-18(21-15-19(24)11-7-12-19)22-16-8-6-13-23(14-16)17-9-4-3-5-10-17;/h16-17,24H,2-15H2,1H3,(H2,20,21,22);1H. The average Bonchev–Trinajstić information content (AvgIpc) is 2.59. The topological polar surface area (TPSA) is 59.9 Å². The van der Waals surface area contributed by atoms with Crippen molar-refractivity contribution in [3.8, 4) is 0 Å². The lowest BCUT2D eigenvalue weighted by atomic mass is 9.80. The molecule has 3 rings (SSSR count). The molecule has 0 bridgehead atoms. The minimum atomic E-state index is -0.539. The molecule has 3 aliphatic rings. The maximum atomic E-state index is 10.3. The molecule has 0 spiro atoms. The summed E-state index contributed by atoms with van der Waals surface area (Å²) < 4.78 is 0. The van der Waals surface area contributed by atoms with Gasteiger partial charge in [-0.3, -0.25) is 9.89 Å². The second kappa shape index (κ2) is 10.3. The quantitative estimate of drug-likeness (QED) is 0.333. The van der Waals surface area contributed by atoms with Gasteiger partial charge in [0, 0.05) is 25.2 Å². The zero-order chi connectivity index (χ0) is 16.8. The highest BCUT2D eigenvalue weighted by Gasteiger charge is 2.34. The van der Waals surface area contributed by atoms with Gasteiger partial charge in [0.05, 0.1) is 12.1 Å². The van der Waals surface area contributed by atoms with Gasteiger partial charge >= 0.3 is 0 Å². The van der Waals surface area contributed by atoms with E-state index in [-0.39, 0.29) is 24.0 Å². The summed E-state index contributed by atoms with van der Waals surface area (Å²) in [6.07, 6.45) is 12.4. The van der Waals surface area contributed by atoms with E-state index < -0.39 is 5.60 Å². The highest BCUT2D eigenvalue weighted by atomic mass is 127. The maximum Gasteiger partial charge on any atom is 0.191 e. The van der Waals surface area contributed by atoms with Gasteiger partial charge in [0.15, 0.2) is 5.96 Å². The average molecular weight is 464 g/mol. The van der Waals surface area contributed by atoms with Gasteiger partial charge < -0.3 is 15.7 Å². The lowest BCUT2D eigenvalue weighted by molar-refractivity contribution is -0.0236. The zero-order valence-corrected chi connectivity index (χ0v) is 18.1. The molecule has 25 heavy (non-hydrogen) atoms. The van der Waals surface area contributed by atoms with E-state index >= 15 is 0 Å². The highest BCUT2D eigenvalue weighted by Crippen LogP contribution is 2.31. The van der Waals surface area contributed by atoms with Crippen molar-refractivity contribution in [2.24, 2.45) is 4.99 Å². The third kappa shape index (κ3) is 6.24. The molecular formula is C19H37IN4O. The Morgan fingerprint density at radius 2 is 1.88 bits per heavy atom. The van der Waals surface area contributed by atoms with Crippen LogP contribution in [0.2, 0.25) is 0 Å². The van der Waals surface area contributed by atoms with Crippen LogP contribution in [0.3, 0.4) is 0 Å². The van der Waals surface area contributed by atoms with E-state index in [0.717, 1.165) is 44.4 Å². The van der Waals surface area contributed by atoms with Crippen molar-refractivity contribution in [1.29, 1.82) is 0 Å². The first-order chi connectivity index (χ1) is 11.7. The smallest absolute Gasteiger partial charge is 0.191 e. The molecule has 1 saturated heterocycles. The molecule has 0 aromatic heterocycles. The Morgan fingerprint density at radius 3 is 2.52 bits per heavy atom. The van der Waals surface area contributed by atoms with Crippen molar-refractivity contribution in [3.63, 3.8) is 0 Å². The Bertz CT molecular complexity index is 422. The first-order valence-corrected chi connectivity index (χ1v) is 10.2. The second-order valence-corrected chi connectivity index (χ2v) is 8.04. The van der Waals surface area contributed by atoms with Gasteiger partial charge in [-0.25, -0.2) is 0 Å². The van der Waals surface area contributed by atoms with Gasteiger partial charge in [-0.15, -0.1) is 24.0 Å². The fourth-order valence-corrected chi connectivity index (χ4v) is 4.38. The summed E-state index contributed by atoms with van der Waals surface area (Å²) in [5, 5.41) is 17.3. The molecule has 3 N–H and O–H groups in total. The predicted octanol–water partition coefficient (Wildman–Crippen LogP) is 2.87. The van der Waals surface area contributed by atoms with Crippen LogP contribution in [0.4, 0.5) is 0 Å². The molecule has 0 aromatic rings. The number of piperidine rings is 1. The van der Waals surface area contributed by atoms with Crippen molar-refractivity contribution in [2.45, 2.75) is 88.8 Å². The third-order valence-corrected chi connectivity index (χ3v) is 6.04. The number of guanidine groups is 1. The highest BCUT2D eigenvalue weighted by molar-refractivity contribution is 14.0. The molecule has 2 saturated carbocycles. The molecule has 0 aromatic carbocycles. The summed E-state index contributed by atoms with van der Waals surface area (Å²) in [5.74, 6) is 0.883. The van der Waals surface area contributed by atoms with E-state index in [1.54, 1.807) is 0 Å². The van der Waals surface area contributed by atoms with E-state index in [1.165, 1.54) is 51.5 Å². The maximum absolute atomic E-state index is 10.3. The van der Waals surface area contributed by atoms with Gasteiger partial charge in [0.25, 0.3) is 0 Å². The van der Waals surface area contributed by atoms with Crippen LogP contribution in [0.25, 0.3) is 0 Å². The Hall–Kier alpha value is -0.0800. The van der Waals surface area contributed by atoms with Crippen molar-refractivity contribution in [3.05, 3.63) is 0 Å². The van der Waals surface area contributed by atoms with Crippen LogP contribution < -0.4 is 10.6 Å². The minimum Gasteiger partial charge on any atom is -0.388 e. The number of halogens is 1. The summed E-state index contributed by atoms with van der Waals surface area (Å²) in [6, 6.07) is 1.29. The van der Waals surface area contributed by atoms with Crippen molar-refractivity contribution >= 4 is 29.9 Å². The lowest BCUT2D eigenvalue weighted by Crippen LogP contribution is -2.54. The number of rotatable bonds is 5. The normalized spacial score (nSPS) is 27.9. The van der Waals surface area contributed by atoms with Gasteiger partial charge in [-0.1, -0.05) is 19.3 Å². The minimum absolute atomic E-state index is 0. The SMILES string of the molecule is CCNC(=NCC1(O)CCC1)NC1CCCN(C2CCCCC2)C1.I. The molecule has 146 valence electrons. The fraction of sp³-hybridized carbons (Fsp3) is 0.947. The van der Waals surface area contributed by atoms with E-state index in [4.69, 9.17) is 0 Å². The van der Waals surface area contributed by atoms with Gasteiger partial charge in [0.1, 0.15) is 0 Å².